The Labute approximate surface area is 105 Å². The van der Waals surface area contributed by atoms with E-state index in [4.69, 9.17) is 0 Å². The van der Waals surface area contributed by atoms with Crippen LogP contribution in [0.4, 0.5) is 0 Å². The molecule has 0 aliphatic carbocycles. The van der Waals surface area contributed by atoms with Crippen LogP contribution in [-0.4, -0.2) is 30.6 Å². The molecule has 0 spiro atoms. The SMILES string of the molecule is CNCCCNC(=O)CCn1c(C)csc1=O. The molecule has 2 N–H and O–H groups in total. The van der Waals surface area contributed by atoms with E-state index in [1.807, 2.05) is 19.4 Å². The molecule has 0 saturated heterocycles. The van der Waals surface area contributed by atoms with Crippen LogP contribution in [0.25, 0.3) is 0 Å². The Kier molecular flexibility index (Phi) is 5.93. The molecule has 17 heavy (non-hydrogen) atoms. The molecule has 1 amide bonds. The number of rotatable bonds is 7. The predicted octanol–water partition coefficient (Wildman–Crippen LogP) is 0.334. The third-order valence-corrected chi connectivity index (χ3v) is 3.35. The Morgan fingerprint density at radius 2 is 2.24 bits per heavy atom. The topological polar surface area (TPSA) is 63.1 Å². The smallest absolute Gasteiger partial charge is 0.307 e. The second-order valence-corrected chi connectivity index (χ2v) is 4.67. The summed E-state index contributed by atoms with van der Waals surface area (Å²) in [5.41, 5.74) is 0.919. The molecular formula is C11H19N3O2S. The number of hydrogen-bond acceptors (Lipinski definition) is 4. The first kappa shape index (κ1) is 13.9. The van der Waals surface area contributed by atoms with Crippen molar-refractivity contribution >= 4 is 17.2 Å². The van der Waals surface area contributed by atoms with Crippen molar-refractivity contribution in [3.05, 3.63) is 20.7 Å². The Balaban J connectivity index is 2.26. The number of thiazole rings is 1. The molecule has 1 heterocycles. The molecule has 0 saturated carbocycles. The van der Waals surface area contributed by atoms with Crippen LogP contribution >= 0.6 is 11.3 Å². The molecule has 6 heteroatoms. The molecule has 96 valence electrons. The van der Waals surface area contributed by atoms with Crippen molar-refractivity contribution in [1.29, 1.82) is 0 Å². The normalized spacial score (nSPS) is 10.5. The van der Waals surface area contributed by atoms with E-state index in [9.17, 15) is 9.59 Å². The summed E-state index contributed by atoms with van der Waals surface area (Å²) < 4.78 is 1.64. The number of hydrogen-bond donors (Lipinski definition) is 2. The highest BCUT2D eigenvalue weighted by Gasteiger charge is 2.05. The Morgan fingerprint density at radius 1 is 1.47 bits per heavy atom. The molecule has 0 bridgehead atoms. The molecule has 0 unspecified atom stereocenters. The summed E-state index contributed by atoms with van der Waals surface area (Å²) in [6, 6.07) is 0. The number of aryl methyl sites for hydroxylation is 1. The van der Waals surface area contributed by atoms with Crippen LogP contribution in [0.1, 0.15) is 18.5 Å². The van der Waals surface area contributed by atoms with Gasteiger partial charge >= 0.3 is 4.87 Å². The summed E-state index contributed by atoms with van der Waals surface area (Å²) in [5, 5.41) is 7.66. The van der Waals surface area contributed by atoms with Crippen LogP contribution in [0.2, 0.25) is 0 Å². The Bertz CT molecular complexity index is 411. The van der Waals surface area contributed by atoms with E-state index in [-0.39, 0.29) is 10.8 Å². The number of nitrogens with one attached hydrogen (secondary N) is 2. The summed E-state index contributed by atoms with van der Waals surface area (Å²) in [4.78, 5) is 22.9. The lowest BCUT2D eigenvalue weighted by atomic mass is 10.3. The van der Waals surface area contributed by atoms with E-state index in [0.29, 0.717) is 19.5 Å². The maximum Gasteiger partial charge on any atom is 0.307 e. The molecule has 0 aliphatic heterocycles. The van der Waals surface area contributed by atoms with Gasteiger partial charge in [0, 0.05) is 30.6 Å². The largest absolute Gasteiger partial charge is 0.356 e. The van der Waals surface area contributed by atoms with Crippen molar-refractivity contribution in [2.45, 2.75) is 26.3 Å². The van der Waals surface area contributed by atoms with E-state index in [0.717, 1.165) is 18.7 Å². The Morgan fingerprint density at radius 3 is 2.82 bits per heavy atom. The van der Waals surface area contributed by atoms with Gasteiger partial charge < -0.3 is 15.2 Å². The molecule has 1 aromatic heterocycles. The van der Waals surface area contributed by atoms with E-state index in [1.165, 1.54) is 11.3 Å². The van der Waals surface area contributed by atoms with Gasteiger partial charge in [-0.1, -0.05) is 11.3 Å². The van der Waals surface area contributed by atoms with Crippen molar-refractivity contribution in [2.24, 2.45) is 0 Å². The fourth-order valence-electron chi connectivity index (χ4n) is 1.47. The van der Waals surface area contributed by atoms with Crippen molar-refractivity contribution in [1.82, 2.24) is 15.2 Å². The van der Waals surface area contributed by atoms with Crippen LogP contribution in [0.3, 0.4) is 0 Å². The van der Waals surface area contributed by atoms with E-state index in [2.05, 4.69) is 10.6 Å². The van der Waals surface area contributed by atoms with Crippen LogP contribution in [0.5, 0.6) is 0 Å². The van der Waals surface area contributed by atoms with Gasteiger partial charge in [-0.25, -0.2) is 0 Å². The highest BCUT2D eigenvalue weighted by Crippen LogP contribution is 2.00. The van der Waals surface area contributed by atoms with Crippen molar-refractivity contribution in [3.63, 3.8) is 0 Å². The highest BCUT2D eigenvalue weighted by atomic mass is 32.1. The Hall–Kier alpha value is -1.14. The summed E-state index contributed by atoms with van der Waals surface area (Å²) >= 11 is 1.17. The number of nitrogens with zero attached hydrogens (tertiary/aromatic N) is 1. The van der Waals surface area contributed by atoms with Crippen LogP contribution in [-0.2, 0) is 11.3 Å². The third kappa shape index (κ3) is 4.70. The summed E-state index contributed by atoms with van der Waals surface area (Å²) in [6.45, 7) is 3.91. The quantitative estimate of drug-likeness (QED) is 0.692. The van der Waals surface area contributed by atoms with Gasteiger partial charge in [-0.05, 0) is 26.9 Å². The lowest BCUT2D eigenvalue weighted by molar-refractivity contribution is -0.121. The zero-order valence-electron chi connectivity index (χ0n) is 10.3. The first-order valence-electron chi connectivity index (χ1n) is 5.71. The van der Waals surface area contributed by atoms with E-state index >= 15 is 0 Å². The van der Waals surface area contributed by atoms with Gasteiger partial charge in [0.2, 0.25) is 5.91 Å². The predicted molar refractivity (Wildman–Crippen MR) is 69.5 cm³/mol. The fraction of sp³-hybridized carbons (Fsp3) is 0.636. The summed E-state index contributed by atoms with van der Waals surface area (Å²) in [5.74, 6) is -0.00129. The molecule has 5 nitrogen and oxygen atoms in total. The van der Waals surface area contributed by atoms with Crippen LogP contribution in [0, 0.1) is 6.92 Å². The minimum atomic E-state index is -0.00129. The second kappa shape index (κ2) is 7.24. The minimum Gasteiger partial charge on any atom is -0.356 e. The lowest BCUT2D eigenvalue weighted by Crippen LogP contribution is -2.28. The second-order valence-electron chi connectivity index (χ2n) is 3.85. The first-order valence-corrected chi connectivity index (χ1v) is 6.59. The zero-order valence-corrected chi connectivity index (χ0v) is 11.1. The van der Waals surface area contributed by atoms with E-state index < -0.39 is 0 Å². The maximum atomic E-state index is 11.5. The molecule has 0 aromatic carbocycles. The fourth-order valence-corrected chi connectivity index (χ4v) is 2.23. The van der Waals surface area contributed by atoms with Gasteiger partial charge in [0.15, 0.2) is 0 Å². The van der Waals surface area contributed by atoms with Gasteiger partial charge in [0.25, 0.3) is 0 Å². The maximum absolute atomic E-state index is 11.5. The molecule has 0 aliphatic rings. The van der Waals surface area contributed by atoms with Crippen molar-refractivity contribution in [2.75, 3.05) is 20.1 Å². The third-order valence-electron chi connectivity index (χ3n) is 2.46. The monoisotopic (exact) mass is 257 g/mol. The van der Waals surface area contributed by atoms with Gasteiger partial charge in [0.05, 0.1) is 0 Å². The van der Waals surface area contributed by atoms with Gasteiger partial charge in [-0.2, -0.15) is 0 Å². The average molecular weight is 257 g/mol. The number of aromatic nitrogens is 1. The van der Waals surface area contributed by atoms with E-state index in [1.54, 1.807) is 4.57 Å². The molecule has 0 fully saturated rings. The zero-order chi connectivity index (χ0) is 12.7. The summed E-state index contributed by atoms with van der Waals surface area (Å²) in [7, 11) is 1.88. The van der Waals surface area contributed by atoms with Gasteiger partial charge in [0.1, 0.15) is 0 Å². The molecule has 1 rings (SSSR count). The average Bonchev–Trinajstić information content (AvgIpc) is 2.62. The molecule has 0 atom stereocenters. The number of carbonyl (C=O) groups excluding carboxylic acids is 1. The highest BCUT2D eigenvalue weighted by molar-refractivity contribution is 7.07. The van der Waals surface area contributed by atoms with Gasteiger partial charge in [-0.15, -0.1) is 0 Å². The van der Waals surface area contributed by atoms with Crippen molar-refractivity contribution in [3.8, 4) is 0 Å². The number of carbonyl (C=O) groups is 1. The molecular weight excluding hydrogens is 238 g/mol. The summed E-state index contributed by atoms with van der Waals surface area (Å²) in [6.07, 6.45) is 1.27. The molecule has 1 aromatic rings. The first-order chi connectivity index (χ1) is 8.15. The van der Waals surface area contributed by atoms with Gasteiger partial charge in [-0.3, -0.25) is 9.59 Å². The lowest BCUT2D eigenvalue weighted by Gasteiger charge is -2.06. The standard InChI is InChI=1S/C11H19N3O2S/c1-9-8-17-11(16)14(9)7-4-10(15)13-6-3-5-12-2/h8,12H,3-7H2,1-2H3,(H,13,15). The number of amides is 1. The van der Waals surface area contributed by atoms with Crippen LogP contribution < -0.4 is 15.5 Å². The minimum absolute atomic E-state index is 0.00129. The molecule has 0 radical (unpaired) electrons. The van der Waals surface area contributed by atoms with Crippen molar-refractivity contribution < 1.29 is 4.79 Å². The van der Waals surface area contributed by atoms with Crippen LogP contribution in [0.15, 0.2) is 10.2 Å².